The van der Waals surface area contributed by atoms with Gasteiger partial charge in [0.15, 0.2) is 11.5 Å². The van der Waals surface area contributed by atoms with Gasteiger partial charge in [-0.05, 0) is 68.5 Å². The van der Waals surface area contributed by atoms with Crippen LogP contribution in [0.3, 0.4) is 0 Å². The van der Waals surface area contributed by atoms with E-state index in [0.29, 0.717) is 19.4 Å². The van der Waals surface area contributed by atoms with Gasteiger partial charge in [-0.1, -0.05) is 6.07 Å². The van der Waals surface area contributed by atoms with Gasteiger partial charge in [0.1, 0.15) is 0 Å². The van der Waals surface area contributed by atoms with E-state index in [4.69, 9.17) is 10.1 Å². The summed E-state index contributed by atoms with van der Waals surface area (Å²) < 4.78 is 3.93. The van der Waals surface area contributed by atoms with Gasteiger partial charge >= 0.3 is 0 Å². The van der Waals surface area contributed by atoms with Gasteiger partial charge in [0, 0.05) is 41.6 Å². The van der Waals surface area contributed by atoms with Crippen LogP contribution in [0.25, 0.3) is 16.9 Å². The predicted molar refractivity (Wildman–Crippen MR) is 122 cm³/mol. The lowest BCUT2D eigenvalue weighted by atomic mass is 10.2. The molecular formula is C23H25N5OS. The number of fused-ring (bicyclic) bond motifs is 1. The molecule has 3 aromatic heterocycles. The van der Waals surface area contributed by atoms with Crippen molar-refractivity contribution in [3.8, 4) is 5.82 Å². The lowest BCUT2D eigenvalue weighted by Crippen LogP contribution is -2.13. The zero-order valence-corrected chi connectivity index (χ0v) is 18.2. The zero-order valence-electron chi connectivity index (χ0n) is 17.4. The number of anilines is 1. The molecule has 0 saturated heterocycles. The van der Waals surface area contributed by atoms with E-state index >= 15 is 0 Å². The first-order valence-electron chi connectivity index (χ1n) is 9.97. The van der Waals surface area contributed by atoms with Gasteiger partial charge in [0.25, 0.3) is 0 Å². The van der Waals surface area contributed by atoms with Crippen LogP contribution in [0.15, 0.2) is 59.8 Å². The number of aromatic nitrogens is 4. The number of amides is 1. The Labute approximate surface area is 180 Å². The standard InChI is InChI=1S/C23H25N5OS/c1-16-14-17(2)24-22-21(16)23(27-11-4-5-12-27)26-28(22)13-7-10-20(29)25-18-8-6-9-19(15-18)30-3/h4-6,8-9,11-12,14-15H,7,10,13H2,1-3H3,(H,25,29). The number of nitrogens with zero attached hydrogens (tertiary/aromatic N) is 4. The van der Waals surface area contributed by atoms with Crippen LogP contribution in [-0.2, 0) is 11.3 Å². The second kappa shape index (κ2) is 8.75. The molecule has 0 atom stereocenters. The Balaban J connectivity index is 1.49. The average Bonchev–Trinajstić information content (AvgIpc) is 3.36. The van der Waals surface area contributed by atoms with Crippen molar-refractivity contribution in [2.45, 2.75) is 38.1 Å². The maximum Gasteiger partial charge on any atom is 0.224 e. The fourth-order valence-corrected chi connectivity index (χ4v) is 4.08. The molecule has 0 unspecified atom stereocenters. The maximum absolute atomic E-state index is 12.4. The van der Waals surface area contributed by atoms with Crippen LogP contribution in [0.5, 0.6) is 0 Å². The number of rotatable bonds is 7. The van der Waals surface area contributed by atoms with Crippen molar-refractivity contribution in [3.05, 3.63) is 66.1 Å². The van der Waals surface area contributed by atoms with Crippen molar-refractivity contribution in [1.29, 1.82) is 0 Å². The number of nitrogens with one attached hydrogen (secondary N) is 1. The van der Waals surface area contributed by atoms with Crippen LogP contribution in [0.4, 0.5) is 5.69 Å². The SMILES string of the molecule is CSc1cccc(NC(=O)CCCn2nc(-n3cccc3)c3c(C)cc(C)nc32)c1. The predicted octanol–water partition coefficient (Wildman–Crippen LogP) is 4.98. The maximum atomic E-state index is 12.4. The minimum atomic E-state index is 0.00988. The highest BCUT2D eigenvalue weighted by molar-refractivity contribution is 7.98. The van der Waals surface area contributed by atoms with Gasteiger partial charge in [0.05, 0.1) is 5.39 Å². The van der Waals surface area contributed by atoms with Gasteiger partial charge < -0.3 is 9.88 Å². The van der Waals surface area contributed by atoms with Gasteiger partial charge in [-0.25, -0.2) is 9.67 Å². The summed E-state index contributed by atoms with van der Waals surface area (Å²) in [7, 11) is 0. The minimum absolute atomic E-state index is 0.00988. The van der Waals surface area contributed by atoms with E-state index in [2.05, 4.69) is 18.3 Å². The van der Waals surface area contributed by atoms with Crippen LogP contribution in [0.2, 0.25) is 0 Å². The summed E-state index contributed by atoms with van der Waals surface area (Å²) in [6.45, 7) is 4.72. The molecule has 0 aliphatic carbocycles. The molecule has 1 amide bonds. The van der Waals surface area contributed by atoms with E-state index in [-0.39, 0.29) is 5.91 Å². The van der Waals surface area contributed by atoms with Gasteiger partial charge in [-0.2, -0.15) is 5.10 Å². The molecule has 6 nitrogen and oxygen atoms in total. The van der Waals surface area contributed by atoms with Crippen molar-refractivity contribution < 1.29 is 4.79 Å². The number of pyridine rings is 1. The highest BCUT2D eigenvalue weighted by Gasteiger charge is 2.16. The molecule has 0 aliphatic heterocycles. The van der Waals surface area contributed by atoms with Crippen molar-refractivity contribution in [3.63, 3.8) is 0 Å². The quantitative estimate of drug-likeness (QED) is 0.429. The Kier molecular flexibility index (Phi) is 5.90. The number of benzene rings is 1. The number of thioether (sulfide) groups is 1. The van der Waals surface area contributed by atoms with Crippen LogP contribution < -0.4 is 5.32 Å². The Bertz CT molecular complexity index is 1180. The fourth-order valence-electron chi connectivity index (χ4n) is 3.62. The summed E-state index contributed by atoms with van der Waals surface area (Å²) in [4.78, 5) is 18.3. The molecular weight excluding hydrogens is 394 g/mol. The van der Waals surface area contributed by atoms with Crippen LogP contribution in [0.1, 0.15) is 24.1 Å². The topological polar surface area (TPSA) is 64.7 Å². The molecule has 3 heterocycles. The average molecular weight is 420 g/mol. The van der Waals surface area contributed by atoms with E-state index in [1.807, 2.05) is 71.2 Å². The first kappa shape index (κ1) is 20.2. The summed E-state index contributed by atoms with van der Waals surface area (Å²) in [6, 6.07) is 13.9. The third-order valence-corrected chi connectivity index (χ3v) is 5.71. The van der Waals surface area contributed by atoms with Crippen molar-refractivity contribution in [2.24, 2.45) is 0 Å². The molecule has 154 valence electrons. The number of carbonyl (C=O) groups is 1. The molecule has 1 N–H and O–H groups in total. The number of aryl methyl sites for hydroxylation is 3. The Morgan fingerprint density at radius 2 is 1.93 bits per heavy atom. The minimum Gasteiger partial charge on any atom is -0.326 e. The highest BCUT2D eigenvalue weighted by Crippen LogP contribution is 2.25. The molecule has 0 spiro atoms. The van der Waals surface area contributed by atoms with Crippen LogP contribution in [0, 0.1) is 13.8 Å². The summed E-state index contributed by atoms with van der Waals surface area (Å²) in [5.41, 5.74) is 3.81. The molecule has 1 aromatic carbocycles. The smallest absolute Gasteiger partial charge is 0.224 e. The van der Waals surface area contributed by atoms with Gasteiger partial charge in [-0.15, -0.1) is 11.8 Å². The monoisotopic (exact) mass is 419 g/mol. The first-order valence-corrected chi connectivity index (χ1v) is 11.2. The third-order valence-electron chi connectivity index (χ3n) is 4.99. The Hall–Kier alpha value is -3.06. The number of carbonyl (C=O) groups excluding carboxylic acids is 1. The largest absolute Gasteiger partial charge is 0.326 e. The summed E-state index contributed by atoms with van der Waals surface area (Å²) in [6.07, 6.45) is 7.11. The lowest BCUT2D eigenvalue weighted by molar-refractivity contribution is -0.116. The summed E-state index contributed by atoms with van der Waals surface area (Å²) in [5, 5.41) is 8.86. The zero-order chi connectivity index (χ0) is 21.1. The van der Waals surface area contributed by atoms with E-state index in [9.17, 15) is 4.79 Å². The highest BCUT2D eigenvalue weighted by atomic mass is 32.2. The molecule has 0 fully saturated rings. The van der Waals surface area contributed by atoms with Gasteiger partial charge in [0.2, 0.25) is 5.91 Å². The molecule has 7 heteroatoms. The van der Waals surface area contributed by atoms with Crippen molar-refractivity contribution >= 4 is 34.4 Å². The third kappa shape index (κ3) is 4.26. The Morgan fingerprint density at radius 3 is 2.70 bits per heavy atom. The molecule has 4 aromatic rings. The molecule has 0 aliphatic rings. The lowest BCUT2D eigenvalue weighted by Gasteiger charge is -2.07. The summed E-state index contributed by atoms with van der Waals surface area (Å²) in [5.74, 6) is 0.883. The molecule has 30 heavy (non-hydrogen) atoms. The van der Waals surface area contributed by atoms with E-state index in [0.717, 1.165) is 38.7 Å². The van der Waals surface area contributed by atoms with E-state index < -0.39 is 0 Å². The molecule has 4 rings (SSSR count). The molecule has 0 bridgehead atoms. The van der Waals surface area contributed by atoms with Crippen molar-refractivity contribution in [2.75, 3.05) is 11.6 Å². The molecule has 0 saturated carbocycles. The normalized spacial score (nSPS) is 11.2. The van der Waals surface area contributed by atoms with Crippen molar-refractivity contribution in [1.82, 2.24) is 19.3 Å². The van der Waals surface area contributed by atoms with Gasteiger partial charge in [-0.3, -0.25) is 4.79 Å². The fraction of sp³-hybridized carbons (Fsp3) is 0.261. The summed E-state index contributed by atoms with van der Waals surface area (Å²) >= 11 is 1.66. The second-order valence-corrected chi connectivity index (χ2v) is 8.18. The van der Waals surface area contributed by atoms with Crippen LogP contribution >= 0.6 is 11.8 Å². The number of hydrogen-bond acceptors (Lipinski definition) is 4. The van der Waals surface area contributed by atoms with E-state index in [1.54, 1.807) is 11.8 Å². The second-order valence-electron chi connectivity index (χ2n) is 7.30. The first-order chi connectivity index (χ1) is 14.5. The van der Waals surface area contributed by atoms with E-state index in [1.165, 1.54) is 0 Å². The van der Waals surface area contributed by atoms with Crippen LogP contribution in [-0.4, -0.2) is 31.5 Å². The Morgan fingerprint density at radius 1 is 1.13 bits per heavy atom. The molecule has 0 radical (unpaired) electrons. The number of hydrogen-bond donors (Lipinski definition) is 1.